The van der Waals surface area contributed by atoms with Crippen LogP contribution in [-0.2, 0) is 6.54 Å². The SMILES string of the molecule is Cc1c(Cl)ccc2sc(N(CCCn3ccnc3)C(=O)c3cc(Cl)ccc3Cl)nc12. The average Bonchev–Trinajstić information content (AvgIpc) is 3.39. The lowest BCUT2D eigenvalue weighted by Crippen LogP contribution is -2.32. The molecule has 30 heavy (non-hydrogen) atoms. The fraction of sp³-hybridized carbons (Fsp3) is 0.190. The fourth-order valence-corrected chi connectivity index (χ4v) is 4.70. The summed E-state index contributed by atoms with van der Waals surface area (Å²) in [6, 6.07) is 8.65. The van der Waals surface area contributed by atoms with Crippen molar-refractivity contribution < 1.29 is 4.79 Å². The van der Waals surface area contributed by atoms with Gasteiger partial charge in [-0.2, -0.15) is 0 Å². The second-order valence-corrected chi connectivity index (χ2v) is 9.01. The zero-order chi connectivity index (χ0) is 21.3. The molecule has 0 bridgehead atoms. The summed E-state index contributed by atoms with van der Waals surface area (Å²) in [5.74, 6) is -0.240. The minimum Gasteiger partial charge on any atom is -0.337 e. The van der Waals surface area contributed by atoms with Gasteiger partial charge in [0.2, 0.25) is 0 Å². The van der Waals surface area contributed by atoms with Gasteiger partial charge in [-0.05, 0) is 49.2 Å². The normalized spacial score (nSPS) is 11.2. The van der Waals surface area contributed by atoms with E-state index in [0.29, 0.717) is 32.3 Å². The molecule has 0 N–H and O–H groups in total. The second kappa shape index (κ2) is 8.94. The molecule has 2 heterocycles. The molecule has 5 nitrogen and oxygen atoms in total. The number of imidazole rings is 1. The monoisotopic (exact) mass is 478 g/mol. The van der Waals surface area contributed by atoms with E-state index >= 15 is 0 Å². The predicted octanol–water partition coefficient (Wildman–Crippen LogP) is 6.50. The summed E-state index contributed by atoms with van der Waals surface area (Å²) in [5, 5.41) is 2.05. The number of aryl methyl sites for hydroxylation is 2. The van der Waals surface area contributed by atoms with Crippen molar-refractivity contribution in [3.8, 4) is 0 Å². The number of anilines is 1. The van der Waals surface area contributed by atoms with Crippen molar-refractivity contribution in [3.05, 3.63) is 75.2 Å². The molecule has 0 aliphatic carbocycles. The minimum absolute atomic E-state index is 0.240. The Kier molecular flexibility index (Phi) is 6.29. The molecule has 1 amide bonds. The zero-order valence-corrected chi connectivity index (χ0v) is 19.1. The summed E-state index contributed by atoms with van der Waals surface area (Å²) in [5.41, 5.74) is 2.04. The third kappa shape index (κ3) is 4.32. The van der Waals surface area contributed by atoms with Crippen LogP contribution in [0.15, 0.2) is 49.1 Å². The van der Waals surface area contributed by atoms with Gasteiger partial charge in [0.1, 0.15) is 0 Å². The first kappa shape index (κ1) is 21.1. The van der Waals surface area contributed by atoms with Crippen molar-refractivity contribution >= 4 is 67.4 Å². The number of benzene rings is 2. The third-order valence-electron chi connectivity index (χ3n) is 4.73. The van der Waals surface area contributed by atoms with Crippen LogP contribution < -0.4 is 4.90 Å². The van der Waals surface area contributed by atoms with Crippen molar-refractivity contribution in [1.82, 2.24) is 14.5 Å². The number of nitrogens with zero attached hydrogens (tertiary/aromatic N) is 4. The number of halogens is 3. The summed E-state index contributed by atoms with van der Waals surface area (Å²) < 4.78 is 2.94. The molecule has 9 heteroatoms. The summed E-state index contributed by atoms with van der Waals surface area (Å²) in [6.07, 6.45) is 6.09. The number of rotatable bonds is 6. The van der Waals surface area contributed by atoms with Crippen LogP contribution >= 0.6 is 46.1 Å². The first-order valence-electron chi connectivity index (χ1n) is 9.22. The highest BCUT2D eigenvalue weighted by Gasteiger charge is 2.24. The standard InChI is InChI=1S/C21H17Cl3N4OS/c1-13-16(23)5-6-18-19(13)26-21(30-18)28(9-2-8-27-10-7-25-12-27)20(29)15-11-14(22)3-4-17(15)24/h3-7,10-12H,2,8-9H2,1H3. The molecule has 2 aromatic heterocycles. The topological polar surface area (TPSA) is 51.0 Å². The Balaban J connectivity index is 1.70. The van der Waals surface area contributed by atoms with Crippen LogP contribution in [0.3, 0.4) is 0 Å². The van der Waals surface area contributed by atoms with E-state index < -0.39 is 0 Å². The Morgan fingerprint density at radius 2 is 1.97 bits per heavy atom. The third-order valence-corrected chi connectivity index (χ3v) is 6.75. The van der Waals surface area contributed by atoms with Crippen LogP contribution in [0, 0.1) is 6.92 Å². The molecule has 4 rings (SSSR count). The average molecular weight is 480 g/mol. The highest BCUT2D eigenvalue weighted by molar-refractivity contribution is 7.22. The van der Waals surface area contributed by atoms with E-state index in [4.69, 9.17) is 39.8 Å². The van der Waals surface area contributed by atoms with Crippen molar-refractivity contribution in [1.29, 1.82) is 0 Å². The van der Waals surface area contributed by atoms with Crippen LogP contribution in [0.1, 0.15) is 22.3 Å². The lowest BCUT2D eigenvalue weighted by molar-refractivity contribution is 0.0986. The molecule has 0 saturated carbocycles. The van der Waals surface area contributed by atoms with E-state index in [1.165, 1.54) is 11.3 Å². The summed E-state index contributed by atoms with van der Waals surface area (Å²) in [4.78, 5) is 23.9. The van der Waals surface area contributed by atoms with Crippen LogP contribution in [0.2, 0.25) is 15.1 Å². The molecule has 0 atom stereocenters. The maximum atomic E-state index is 13.4. The molecule has 0 spiro atoms. The molecule has 0 aliphatic rings. The Morgan fingerprint density at radius 3 is 2.73 bits per heavy atom. The lowest BCUT2D eigenvalue weighted by Gasteiger charge is -2.21. The van der Waals surface area contributed by atoms with Crippen LogP contribution in [0.4, 0.5) is 5.13 Å². The minimum atomic E-state index is -0.240. The molecule has 0 unspecified atom stereocenters. The molecular weight excluding hydrogens is 463 g/mol. The molecule has 0 radical (unpaired) electrons. The van der Waals surface area contributed by atoms with Crippen molar-refractivity contribution in [2.45, 2.75) is 19.9 Å². The molecule has 154 valence electrons. The van der Waals surface area contributed by atoms with Gasteiger partial charge in [0.15, 0.2) is 5.13 Å². The molecule has 0 fully saturated rings. The van der Waals surface area contributed by atoms with Gasteiger partial charge >= 0.3 is 0 Å². The largest absolute Gasteiger partial charge is 0.337 e. The quantitative estimate of drug-likeness (QED) is 0.317. The highest BCUT2D eigenvalue weighted by atomic mass is 35.5. The Bertz CT molecular complexity index is 1210. The number of hydrogen-bond donors (Lipinski definition) is 0. The van der Waals surface area contributed by atoms with Crippen molar-refractivity contribution in [2.75, 3.05) is 11.4 Å². The zero-order valence-electron chi connectivity index (χ0n) is 16.0. The van der Waals surface area contributed by atoms with Gasteiger partial charge in [-0.1, -0.05) is 46.1 Å². The number of thiazole rings is 1. The molecular formula is C21H17Cl3N4OS. The lowest BCUT2D eigenvalue weighted by atomic mass is 10.2. The molecule has 0 saturated heterocycles. The smallest absolute Gasteiger partial charge is 0.261 e. The van der Waals surface area contributed by atoms with Gasteiger partial charge in [-0.15, -0.1) is 0 Å². The van der Waals surface area contributed by atoms with E-state index in [2.05, 4.69) is 4.98 Å². The van der Waals surface area contributed by atoms with E-state index in [-0.39, 0.29) is 5.91 Å². The van der Waals surface area contributed by atoms with Gasteiger partial charge in [0.05, 0.1) is 27.1 Å². The Labute approximate surface area is 192 Å². The van der Waals surface area contributed by atoms with Crippen LogP contribution in [0.5, 0.6) is 0 Å². The van der Waals surface area contributed by atoms with Gasteiger partial charge in [0.25, 0.3) is 5.91 Å². The number of amides is 1. The van der Waals surface area contributed by atoms with E-state index in [9.17, 15) is 4.79 Å². The summed E-state index contributed by atoms with van der Waals surface area (Å²) >= 11 is 20.1. The Morgan fingerprint density at radius 1 is 1.17 bits per heavy atom. The van der Waals surface area contributed by atoms with Gasteiger partial charge in [-0.3, -0.25) is 9.69 Å². The number of hydrogen-bond acceptors (Lipinski definition) is 4. The van der Waals surface area contributed by atoms with Gasteiger partial charge < -0.3 is 4.57 Å². The van der Waals surface area contributed by atoms with Crippen molar-refractivity contribution in [2.24, 2.45) is 0 Å². The number of carbonyl (C=O) groups excluding carboxylic acids is 1. The first-order valence-corrected chi connectivity index (χ1v) is 11.2. The Hall–Kier alpha value is -2.12. The van der Waals surface area contributed by atoms with E-state index in [0.717, 1.165) is 28.7 Å². The summed E-state index contributed by atoms with van der Waals surface area (Å²) in [6.45, 7) is 3.11. The van der Waals surface area contributed by atoms with Crippen molar-refractivity contribution in [3.63, 3.8) is 0 Å². The maximum Gasteiger partial charge on any atom is 0.261 e. The second-order valence-electron chi connectivity index (χ2n) is 6.75. The van der Waals surface area contributed by atoms with E-state index in [1.54, 1.807) is 35.6 Å². The van der Waals surface area contributed by atoms with Crippen LogP contribution in [-0.4, -0.2) is 27.0 Å². The number of fused-ring (bicyclic) bond motifs is 1. The summed E-state index contributed by atoms with van der Waals surface area (Å²) in [7, 11) is 0. The number of aromatic nitrogens is 3. The molecule has 4 aromatic rings. The fourth-order valence-electron chi connectivity index (χ4n) is 3.13. The predicted molar refractivity (Wildman–Crippen MR) is 124 cm³/mol. The van der Waals surface area contributed by atoms with Gasteiger partial charge in [0, 0.05) is 35.5 Å². The molecule has 2 aromatic carbocycles. The van der Waals surface area contributed by atoms with E-state index in [1.807, 2.05) is 29.8 Å². The molecule has 0 aliphatic heterocycles. The van der Waals surface area contributed by atoms with Gasteiger partial charge in [-0.25, -0.2) is 9.97 Å². The number of carbonyl (C=O) groups is 1. The maximum absolute atomic E-state index is 13.4. The highest BCUT2D eigenvalue weighted by Crippen LogP contribution is 2.35. The van der Waals surface area contributed by atoms with Crippen LogP contribution in [0.25, 0.3) is 10.2 Å². The first-order chi connectivity index (χ1) is 14.4.